The van der Waals surface area contributed by atoms with E-state index in [4.69, 9.17) is 10.3 Å². The molecule has 0 aliphatic rings. The molecule has 1 unspecified atom stereocenters. The third-order valence-corrected chi connectivity index (χ3v) is 3.88. The largest absolute Gasteiger partial charge is 0.374 e. The van der Waals surface area contributed by atoms with Gasteiger partial charge in [0.2, 0.25) is 11.0 Å². The Morgan fingerprint density at radius 3 is 2.94 bits per heavy atom. The molecule has 18 heavy (non-hydrogen) atoms. The maximum Gasteiger partial charge on any atom is 0.238 e. The zero-order chi connectivity index (χ0) is 13.1. The Morgan fingerprint density at radius 2 is 2.39 bits per heavy atom. The standard InChI is InChI=1S/C9H11N5O2S2/c1-4-3-6(14-16-4)11-7(15)5(2)17-9-13-12-8(10)18-9/h3,5H,1-2H3,(H2,10,12)(H,11,14,15). The summed E-state index contributed by atoms with van der Waals surface area (Å²) in [5.41, 5.74) is 5.47. The van der Waals surface area contributed by atoms with Gasteiger partial charge in [0.05, 0.1) is 5.25 Å². The lowest BCUT2D eigenvalue weighted by molar-refractivity contribution is -0.115. The van der Waals surface area contributed by atoms with Crippen LogP contribution in [0.25, 0.3) is 0 Å². The minimum atomic E-state index is -0.325. The molecule has 0 aromatic carbocycles. The van der Waals surface area contributed by atoms with Crippen LogP contribution in [0.15, 0.2) is 14.9 Å². The molecule has 1 amide bonds. The second-order valence-electron chi connectivity index (χ2n) is 3.48. The second kappa shape index (κ2) is 5.36. The van der Waals surface area contributed by atoms with Gasteiger partial charge in [0, 0.05) is 6.07 Å². The molecule has 96 valence electrons. The molecule has 2 heterocycles. The van der Waals surface area contributed by atoms with Crippen molar-refractivity contribution in [3.63, 3.8) is 0 Å². The summed E-state index contributed by atoms with van der Waals surface area (Å²) in [7, 11) is 0. The summed E-state index contributed by atoms with van der Waals surface area (Å²) >= 11 is 2.54. The molecule has 0 fully saturated rings. The molecular weight excluding hydrogens is 274 g/mol. The van der Waals surface area contributed by atoms with E-state index in [0.717, 1.165) is 0 Å². The number of anilines is 2. The van der Waals surface area contributed by atoms with Crippen LogP contribution in [0.3, 0.4) is 0 Å². The first kappa shape index (κ1) is 12.8. The number of nitrogen functional groups attached to an aromatic ring is 1. The number of thioether (sulfide) groups is 1. The molecule has 0 aliphatic carbocycles. The lowest BCUT2D eigenvalue weighted by Gasteiger charge is -2.07. The molecule has 3 N–H and O–H groups in total. The lowest BCUT2D eigenvalue weighted by Crippen LogP contribution is -2.22. The highest BCUT2D eigenvalue weighted by atomic mass is 32.2. The molecule has 0 aliphatic heterocycles. The number of nitrogens with one attached hydrogen (secondary N) is 1. The summed E-state index contributed by atoms with van der Waals surface area (Å²) in [4.78, 5) is 11.8. The van der Waals surface area contributed by atoms with Crippen LogP contribution in [0.1, 0.15) is 12.7 Å². The van der Waals surface area contributed by atoms with E-state index >= 15 is 0 Å². The average Bonchev–Trinajstić information content (AvgIpc) is 2.88. The van der Waals surface area contributed by atoms with Crippen molar-refractivity contribution in [1.82, 2.24) is 15.4 Å². The SMILES string of the molecule is Cc1cc(NC(=O)C(C)Sc2nnc(N)s2)no1. The Hall–Kier alpha value is -1.61. The molecule has 9 heteroatoms. The van der Waals surface area contributed by atoms with Gasteiger partial charge < -0.3 is 15.6 Å². The van der Waals surface area contributed by atoms with Gasteiger partial charge >= 0.3 is 0 Å². The van der Waals surface area contributed by atoms with Gasteiger partial charge in [-0.1, -0.05) is 28.3 Å². The first-order valence-electron chi connectivity index (χ1n) is 5.04. The van der Waals surface area contributed by atoms with Crippen molar-refractivity contribution in [3.05, 3.63) is 11.8 Å². The Labute approximate surface area is 111 Å². The van der Waals surface area contributed by atoms with Crippen molar-refractivity contribution in [2.24, 2.45) is 0 Å². The van der Waals surface area contributed by atoms with Gasteiger partial charge in [-0.25, -0.2) is 0 Å². The fourth-order valence-corrected chi connectivity index (χ4v) is 2.91. The van der Waals surface area contributed by atoms with Crippen LogP contribution in [0, 0.1) is 6.92 Å². The predicted molar refractivity (Wildman–Crippen MR) is 69.5 cm³/mol. The van der Waals surface area contributed by atoms with Crippen molar-refractivity contribution in [1.29, 1.82) is 0 Å². The molecule has 0 saturated carbocycles. The van der Waals surface area contributed by atoms with E-state index in [-0.39, 0.29) is 11.2 Å². The van der Waals surface area contributed by atoms with Gasteiger partial charge in [0.15, 0.2) is 10.2 Å². The fourth-order valence-electron chi connectivity index (χ4n) is 1.13. The third kappa shape index (κ3) is 3.20. The highest BCUT2D eigenvalue weighted by Gasteiger charge is 2.18. The number of nitrogens with two attached hydrogens (primary N) is 1. The van der Waals surface area contributed by atoms with E-state index in [9.17, 15) is 4.79 Å². The predicted octanol–water partition coefficient (Wildman–Crippen LogP) is 1.54. The van der Waals surface area contributed by atoms with Gasteiger partial charge in [-0.15, -0.1) is 10.2 Å². The summed E-state index contributed by atoms with van der Waals surface area (Å²) in [5, 5.41) is 13.9. The summed E-state index contributed by atoms with van der Waals surface area (Å²) in [6, 6.07) is 1.65. The number of aryl methyl sites for hydroxylation is 1. The molecule has 0 bridgehead atoms. The minimum Gasteiger partial charge on any atom is -0.374 e. The molecule has 7 nitrogen and oxygen atoms in total. The summed E-state index contributed by atoms with van der Waals surface area (Å²) in [6.07, 6.45) is 0. The van der Waals surface area contributed by atoms with Crippen LogP contribution in [-0.4, -0.2) is 26.5 Å². The normalized spacial score (nSPS) is 12.3. The molecule has 0 radical (unpaired) electrons. The van der Waals surface area contributed by atoms with Gasteiger partial charge in [0.1, 0.15) is 5.76 Å². The molecule has 2 aromatic rings. The highest BCUT2D eigenvalue weighted by Crippen LogP contribution is 2.27. The first-order chi connectivity index (χ1) is 8.54. The molecule has 2 rings (SSSR count). The number of carbonyl (C=O) groups excluding carboxylic acids is 1. The van der Waals surface area contributed by atoms with Gasteiger partial charge in [0.25, 0.3) is 0 Å². The summed E-state index contributed by atoms with van der Waals surface area (Å²) < 4.78 is 5.52. The number of aromatic nitrogens is 3. The van der Waals surface area contributed by atoms with Crippen LogP contribution in [0.4, 0.5) is 10.9 Å². The highest BCUT2D eigenvalue weighted by molar-refractivity contribution is 8.02. The van der Waals surface area contributed by atoms with Crippen LogP contribution in [-0.2, 0) is 4.79 Å². The topological polar surface area (TPSA) is 107 Å². The van der Waals surface area contributed by atoms with Crippen LogP contribution in [0.5, 0.6) is 0 Å². The van der Waals surface area contributed by atoms with Crippen molar-refractivity contribution in [3.8, 4) is 0 Å². The number of carbonyl (C=O) groups is 1. The number of rotatable bonds is 4. The van der Waals surface area contributed by atoms with Crippen LogP contribution >= 0.6 is 23.1 Å². The Morgan fingerprint density at radius 1 is 1.61 bits per heavy atom. The number of amides is 1. The lowest BCUT2D eigenvalue weighted by atomic mass is 10.4. The smallest absolute Gasteiger partial charge is 0.238 e. The number of hydrogen-bond donors (Lipinski definition) is 2. The summed E-state index contributed by atoms with van der Waals surface area (Å²) in [6.45, 7) is 3.52. The second-order valence-corrected chi connectivity index (χ2v) is 6.08. The number of hydrogen-bond acceptors (Lipinski definition) is 8. The van der Waals surface area contributed by atoms with Gasteiger partial charge in [-0.2, -0.15) is 0 Å². The van der Waals surface area contributed by atoms with E-state index in [0.29, 0.717) is 21.0 Å². The average molecular weight is 285 g/mol. The molecule has 0 spiro atoms. The molecule has 2 aromatic heterocycles. The van der Waals surface area contributed by atoms with E-state index in [1.165, 1.54) is 23.1 Å². The van der Waals surface area contributed by atoms with Crippen molar-refractivity contribution in [2.45, 2.75) is 23.4 Å². The fraction of sp³-hybridized carbons (Fsp3) is 0.333. The maximum absolute atomic E-state index is 11.8. The Balaban J connectivity index is 1.92. The zero-order valence-electron chi connectivity index (χ0n) is 9.71. The van der Waals surface area contributed by atoms with Crippen molar-refractivity contribution >= 4 is 40.0 Å². The van der Waals surface area contributed by atoms with E-state index in [1.807, 2.05) is 0 Å². The van der Waals surface area contributed by atoms with Gasteiger partial charge in [-0.05, 0) is 13.8 Å². The first-order valence-corrected chi connectivity index (χ1v) is 6.74. The molecular formula is C9H11N5O2S2. The van der Waals surface area contributed by atoms with Crippen molar-refractivity contribution in [2.75, 3.05) is 11.1 Å². The maximum atomic E-state index is 11.8. The zero-order valence-corrected chi connectivity index (χ0v) is 11.3. The Bertz CT molecular complexity index is 553. The van der Waals surface area contributed by atoms with Crippen LogP contribution in [0.2, 0.25) is 0 Å². The summed E-state index contributed by atoms with van der Waals surface area (Å²) in [5.74, 6) is 0.867. The molecule has 0 saturated heterocycles. The minimum absolute atomic E-state index is 0.179. The number of nitrogens with zero attached hydrogens (tertiary/aromatic N) is 3. The Kier molecular flexibility index (Phi) is 3.82. The quantitative estimate of drug-likeness (QED) is 0.820. The van der Waals surface area contributed by atoms with Crippen LogP contribution < -0.4 is 11.1 Å². The molecule has 1 atom stereocenters. The van der Waals surface area contributed by atoms with Gasteiger partial charge in [-0.3, -0.25) is 4.79 Å². The van der Waals surface area contributed by atoms with Crippen molar-refractivity contribution < 1.29 is 9.32 Å². The third-order valence-electron chi connectivity index (χ3n) is 1.95. The van der Waals surface area contributed by atoms with E-state index < -0.39 is 0 Å². The monoisotopic (exact) mass is 285 g/mol. The van der Waals surface area contributed by atoms with E-state index in [1.54, 1.807) is 19.9 Å². The van der Waals surface area contributed by atoms with E-state index in [2.05, 4.69) is 20.7 Å².